The largest absolute Gasteiger partial charge is 0.458 e. The monoisotopic (exact) mass is 1070 g/mol. The van der Waals surface area contributed by atoms with Gasteiger partial charge < -0.3 is 59.9 Å². The van der Waals surface area contributed by atoms with Crippen LogP contribution in [0.2, 0.25) is 0 Å². The van der Waals surface area contributed by atoms with Crippen molar-refractivity contribution in [2.24, 2.45) is 23.5 Å². The number of carbonyl (C=O) groups excluding carboxylic acids is 6. The Morgan fingerprint density at radius 1 is 0.974 bits per heavy atom. The average molecular weight is 1070 g/mol. The third-order valence-corrected chi connectivity index (χ3v) is 14.1. The number of aliphatic hydroxyl groups is 1. The maximum absolute atomic E-state index is 14.6. The van der Waals surface area contributed by atoms with Gasteiger partial charge in [0.15, 0.2) is 17.7 Å². The van der Waals surface area contributed by atoms with Crippen molar-refractivity contribution in [3.8, 4) is 11.3 Å². The third kappa shape index (κ3) is 16.3. The number of methoxy groups -OCH3 is 1. The normalized spacial score (nSPS) is 31.0. The zero-order valence-electron chi connectivity index (χ0n) is 46.9. The Hall–Kier alpha value is -5.46. The van der Waals surface area contributed by atoms with Gasteiger partial charge in [0.2, 0.25) is 5.91 Å². The van der Waals surface area contributed by atoms with Crippen LogP contribution in [0.3, 0.4) is 0 Å². The number of hydrogen-bond acceptors (Lipinski definition) is 18. The van der Waals surface area contributed by atoms with Gasteiger partial charge in [-0.2, -0.15) is 0 Å². The van der Waals surface area contributed by atoms with E-state index in [1.54, 1.807) is 90.1 Å². The molecule has 23 nitrogen and oxygen atoms in total. The number of carbonyl (C=O) groups is 6. The lowest BCUT2D eigenvalue weighted by Crippen LogP contribution is -2.61. The summed E-state index contributed by atoms with van der Waals surface area (Å²) in [5.74, 6) is -4.34. The number of unbranched alkanes of at least 4 members (excludes halogenated alkanes) is 1. The summed E-state index contributed by atoms with van der Waals surface area (Å²) in [4.78, 5) is 81.7. The molecular weight excluding hydrogens is 987 g/mol. The standard InChI is InChI=1S/C53H85N9O14/c1-15-39-53(13)43(62(49(69)76-53)22-17-16-21-61-29-38(59-60-61)34-19-18-20-35(23-34)58-48(68)75-51(9,10)11)33(5)55-26-30(2)25-52(12,70-14)44(31(3)41(64)32(4)45(66)72-39)73-46-42(65)37(54)24-36(71-46)27-56-40(63)28-57-47(67)74-50(6,7)8/h18-20,23,29-33,36-37,39,42-44,46,55,65H,15-17,21-22,24-28,54H2,1-14H3,(H,56,63)(H,57,67)(H,58,68)/t30-,31+,32-,33-,36+,37?,39-,42?,43-,44-,46+,52-,53-/m1/s1. The zero-order valence-corrected chi connectivity index (χ0v) is 46.9. The number of nitrogens with two attached hydrogens (primary N) is 1. The van der Waals surface area contributed by atoms with Crippen molar-refractivity contribution in [3.05, 3.63) is 30.5 Å². The molecule has 2 aromatic rings. The van der Waals surface area contributed by atoms with Gasteiger partial charge in [0.1, 0.15) is 35.0 Å². The molecule has 2 unspecified atom stereocenters. The lowest BCUT2D eigenvalue weighted by atomic mass is 9.78. The molecule has 0 aliphatic carbocycles. The number of alkyl carbamates (subject to hydrolysis) is 1. The molecule has 23 heteroatoms. The highest BCUT2D eigenvalue weighted by atomic mass is 16.7. The van der Waals surface area contributed by atoms with Crippen LogP contribution in [-0.2, 0) is 54.1 Å². The number of aryl methyl sites for hydroxylation is 1. The number of amides is 4. The number of esters is 1. The van der Waals surface area contributed by atoms with E-state index < -0.39 is 119 Å². The number of nitrogens with one attached hydrogen (secondary N) is 4. The number of benzene rings is 1. The number of ketones is 1. The summed E-state index contributed by atoms with van der Waals surface area (Å²) >= 11 is 0. The van der Waals surface area contributed by atoms with E-state index in [1.807, 2.05) is 33.0 Å². The van der Waals surface area contributed by atoms with E-state index in [9.17, 15) is 33.9 Å². The minimum Gasteiger partial charge on any atom is -0.458 e. The summed E-state index contributed by atoms with van der Waals surface area (Å²) in [5.41, 5.74) is 4.39. The Balaban J connectivity index is 1.29. The summed E-state index contributed by atoms with van der Waals surface area (Å²) in [5, 5.41) is 31.6. The Morgan fingerprint density at radius 3 is 2.30 bits per heavy atom. The van der Waals surface area contributed by atoms with Crippen molar-refractivity contribution in [2.45, 2.75) is 200 Å². The number of cyclic esters (lactones) is 1. The lowest BCUT2D eigenvalue weighted by Gasteiger charge is -2.45. The number of Topliss-reactive ketones (excluding diaryl/α,β-unsaturated/α-hetero) is 1. The average Bonchev–Trinajstić information content (AvgIpc) is 3.91. The van der Waals surface area contributed by atoms with Crippen LogP contribution in [-0.4, -0.2) is 165 Å². The van der Waals surface area contributed by atoms with Crippen LogP contribution in [0, 0.1) is 17.8 Å². The van der Waals surface area contributed by atoms with Crippen LogP contribution in [0.15, 0.2) is 30.5 Å². The molecule has 13 atom stereocenters. The van der Waals surface area contributed by atoms with Crippen molar-refractivity contribution in [2.75, 3.05) is 38.6 Å². The van der Waals surface area contributed by atoms with Crippen LogP contribution < -0.4 is 27.0 Å². The molecule has 3 aliphatic heterocycles. The molecule has 5 rings (SSSR count). The van der Waals surface area contributed by atoms with Crippen molar-refractivity contribution >= 4 is 41.6 Å². The number of aliphatic hydroxyl groups excluding tert-OH is 1. The number of nitrogens with zero attached hydrogens (tertiary/aromatic N) is 4. The molecule has 426 valence electrons. The molecule has 0 radical (unpaired) electrons. The van der Waals surface area contributed by atoms with Gasteiger partial charge in [0, 0.05) is 56.0 Å². The molecule has 76 heavy (non-hydrogen) atoms. The summed E-state index contributed by atoms with van der Waals surface area (Å²) < 4.78 is 43.9. The highest BCUT2D eigenvalue weighted by Crippen LogP contribution is 2.40. The maximum atomic E-state index is 14.6. The minimum atomic E-state index is -1.38. The minimum absolute atomic E-state index is 0.0371. The first-order chi connectivity index (χ1) is 35.5. The summed E-state index contributed by atoms with van der Waals surface area (Å²) in [6.45, 7) is 23.8. The van der Waals surface area contributed by atoms with Crippen molar-refractivity contribution in [3.63, 3.8) is 0 Å². The van der Waals surface area contributed by atoms with Crippen LogP contribution in [0.1, 0.15) is 122 Å². The molecule has 3 saturated heterocycles. The van der Waals surface area contributed by atoms with Gasteiger partial charge in [0.25, 0.3) is 0 Å². The summed E-state index contributed by atoms with van der Waals surface area (Å²) in [6, 6.07) is 5.36. The molecule has 0 bridgehead atoms. The van der Waals surface area contributed by atoms with Gasteiger partial charge in [0.05, 0.1) is 36.6 Å². The number of aromatic nitrogens is 3. The Kier molecular flexibility index (Phi) is 20.8. The number of rotatable bonds is 15. The van der Waals surface area contributed by atoms with E-state index >= 15 is 0 Å². The number of anilines is 1. The van der Waals surface area contributed by atoms with Gasteiger partial charge in [-0.05, 0) is 126 Å². The van der Waals surface area contributed by atoms with E-state index in [1.165, 1.54) is 14.0 Å². The SMILES string of the molecule is CC[C@H]1OC(=O)[C@H](C)C(=O)[C@H](C)[C@@H](O[C@@H]2O[C@H](CNC(=O)CNC(=O)OC(C)(C)C)CC(N)C2O)[C@](C)(OC)C[C@@H](C)CN[C@H](C)[C@H]2N(CCCCn3cc(-c4cccc(NC(=O)OC(C)(C)C)c4)nn3)C(=O)O[C@]12C. The van der Waals surface area contributed by atoms with Gasteiger partial charge in [-0.15, -0.1) is 5.10 Å². The van der Waals surface area contributed by atoms with E-state index in [-0.39, 0.29) is 31.8 Å². The highest BCUT2D eigenvalue weighted by Gasteiger charge is 2.59. The van der Waals surface area contributed by atoms with Crippen LogP contribution in [0.4, 0.5) is 20.1 Å². The molecule has 3 aliphatic rings. The third-order valence-electron chi connectivity index (χ3n) is 14.1. The second-order valence-corrected chi connectivity index (χ2v) is 23.0. The highest BCUT2D eigenvalue weighted by molar-refractivity contribution is 6.00. The Bertz CT molecular complexity index is 2320. The van der Waals surface area contributed by atoms with Crippen LogP contribution in [0.5, 0.6) is 0 Å². The topological polar surface area (TPSA) is 295 Å². The molecule has 0 spiro atoms. The van der Waals surface area contributed by atoms with Crippen molar-refractivity contribution in [1.29, 1.82) is 0 Å². The number of hydrogen-bond donors (Lipinski definition) is 6. The molecule has 0 saturated carbocycles. The Morgan fingerprint density at radius 2 is 1.64 bits per heavy atom. The molecular formula is C53H85N9O14. The van der Waals surface area contributed by atoms with Gasteiger partial charge >= 0.3 is 24.2 Å². The fourth-order valence-electron chi connectivity index (χ4n) is 10.2. The van der Waals surface area contributed by atoms with E-state index in [4.69, 9.17) is 38.9 Å². The van der Waals surface area contributed by atoms with E-state index in [2.05, 4.69) is 31.6 Å². The zero-order chi connectivity index (χ0) is 56.5. The molecule has 4 heterocycles. The number of ether oxygens (including phenoxy) is 7. The molecule has 1 aromatic carbocycles. The van der Waals surface area contributed by atoms with Crippen molar-refractivity contribution in [1.82, 2.24) is 35.8 Å². The Labute approximate surface area is 447 Å². The van der Waals surface area contributed by atoms with Crippen molar-refractivity contribution < 1.29 is 67.0 Å². The molecule has 1 aromatic heterocycles. The fraction of sp³-hybridized carbons (Fsp3) is 0.736. The fourth-order valence-corrected chi connectivity index (χ4v) is 10.2. The van der Waals surface area contributed by atoms with E-state index in [0.29, 0.717) is 50.3 Å². The first-order valence-corrected chi connectivity index (χ1v) is 26.5. The van der Waals surface area contributed by atoms with Gasteiger partial charge in [-0.25, -0.2) is 14.4 Å². The van der Waals surface area contributed by atoms with Crippen LogP contribution >= 0.6 is 0 Å². The second kappa shape index (κ2) is 25.8. The lowest BCUT2D eigenvalue weighted by molar-refractivity contribution is -0.290. The van der Waals surface area contributed by atoms with Gasteiger partial charge in [-0.1, -0.05) is 38.1 Å². The first-order valence-electron chi connectivity index (χ1n) is 26.5. The van der Waals surface area contributed by atoms with Crippen LogP contribution in [0.25, 0.3) is 11.3 Å². The van der Waals surface area contributed by atoms with Gasteiger partial charge in [-0.3, -0.25) is 29.3 Å². The van der Waals surface area contributed by atoms with E-state index in [0.717, 1.165) is 5.56 Å². The smallest absolute Gasteiger partial charge is 0.412 e. The number of fused-ring (bicyclic) bond motifs is 1. The molecule has 4 amide bonds. The predicted octanol–water partition coefficient (Wildman–Crippen LogP) is 5.07. The molecule has 3 fully saturated rings. The summed E-state index contributed by atoms with van der Waals surface area (Å²) in [7, 11) is 1.50. The quantitative estimate of drug-likeness (QED) is 0.0587. The first kappa shape index (κ1) is 61.4. The second-order valence-electron chi connectivity index (χ2n) is 23.0. The maximum Gasteiger partial charge on any atom is 0.412 e. The summed E-state index contributed by atoms with van der Waals surface area (Å²) in [6.07, 6.45) is -3.65. The molecule has 7 N–H and O–H groups in total. The predicted molar refractivity (Wildman–Crippen MR) is 279 cm³/mol.